The number of aromatic nitrogens is 5. The molecule has 13 heteroatoms. The number of rotatable bonds is 4. The first-order chi connectivity index (χ1) is 16.5. The third-order valence-corrected chi connectivity index (χ3v) is 9.43. The number of carbonyl (C=O) groups is 1. The van der Waals surface area contributed by atoms with Gasteiger partial charge in [0.15, 0.2) is 5.82 Å². The van der Waals surface area contributed by atoms with Crippen molar-refractivity contribution in [1.82, 2.24) is 33.9 Å². The first-order valence-electron chi connectivity index (χ1n) is 12.1. The molecule has 0 aromatic carbocycles. The molecule has 2 aromatic heterocycles. The third-order valence-electron chi connectivity index (χ3n) is 8.63. The molecule has 5 fully saturated rings. The number of halogens is 3. The van der Waals surface area contributed by atoms with Gasteiger partial charge in [0, 0.05) is 43.4 Å². The Hall–Kier alpha value is -2.28. The van der Waals surface area contributed by atoms with Crippen LogP contribution in [0.5, 0.6) is 0 Å². The van der Waals surface area contributed by atoms with Crippen molar-refractivity contribution in [2.24, 2.45) is 16.7 Å². The van der Waals surface area contributed by atoms with E-state index in [1.165, 1.54) is 0 Å². The number of carbonyl (C=O) groups excluding carboxylic acids is 1. The Bertz CT molecular complexity index is 1160. The van der Waals surface area contributed by atoms with Crippen molar-refractivity contribution in [3.05, 3.63) is 23.0 Å². The molecule has 3 aliphatic carbocycles. The number of nitrogens with zero attached hydrogens (tertiary/aromatic N) is 7. The van der Waals surface area contributed by atoms with Gasteiger partial charge >= 0.3 is 12.2 Å². The van der Waals surface area contributed by atoms with Crippen LogP contribution >= 0.6 is 11.5 Å². The van der Waals surface area contributed by atoms with Gasteiger partial charge in [-0.2, -0.15) is 22.6 Å². The van der Waals surface area contributed by atoms with Gasteiger partial charge in [0.25, 0.3) is 0 Å². The molecule has 188 valence electrons. The van der Waals surface area contributed by atoms with Crippen molar-refractivity contribution in [1.29, 1.82) is 0 Å². The Labute approximate surface area is 203 Å². The summed E-state index contributed by atoms with van der Waals surface area (Å²) in [7, 11) is 0. The Morgan fingerprint density at radius 2 is 1.71 bits per heavy atom. The predicted octanol–water partition coefficient (Wildman–Crippen LogP) is 2.84. The van der Waals surface area contributed by atoms with Crippen molar-refractivity contribution in [2.45, 2.75) is 62.8 Å². The zero-order valence-corrected chi connectivity index (χ0v) is 19.9. The molecule has 2 aromatic rings. The first-order valence-corrected chi connectivity index (χ1v) is 12.9. The smallest absolute Gasteiger partial charge is 0.382 e. The van der Waals surface area contributed by atoms with Crippen molar-refractivity contribution in [3.63, 3.8) is 0 Å². The molecule has 7 rings (SSSR count). The summed E-state index contributed by atoms with van der Waals surface area (Å²) in [6.07, 6.45) is 3.01. The average molecular weight is 510 g/mol. The lowest BCUT2D eigenvalue weighted by Gasteiger charge is -2.63. The van der Waals surface area contributed by atoms with Gasteiger partial charge < -0.3 is 14.9 Å². The van der Waals surface area contributed by atoms with Gasteiger partial charge in [-0.3, -0.25) is 0 Å². The molecule has 2 aliphatic heterocycles. The molecule has 0 atom stereocenters. The fourth-order valence-corrected chi connectivity index (χ4v) is 7.22. The molecule has 3 saturated carbocycles. The average Bonchev–Trinajstić information content (AvgIpc) is 3.10. The van der Waals surface area contributed by atoms with Crippen LogP contribution in [0.2, 0.25) is 0 Å². The second-order valence-electron chi connectivity index (χ2n) is 11.6. The van der Waals surface area contributed by atoms with Crippen molar-refractivity contribution < 1.29 is 23.1 Å². The van der Waals surface area contributed by atoms with Crippen molar-refractivity contribution >= 4 is 17.6 Å². The fraction of sp³-hybridized carbons (Fsp3) is 0.773. The minimum absolute atomic E-state index is 0.100. The summed E-state index contributed by atoms with van der Waals surface area (Å²) < 4.78 is 43.9. The van der Waals surface area contributed by atoms with E-state index in [4.69, 9.17) is 0 Å². The van der Waals surface area contributed by atoms with Gasteiger partial charge in [-0.05, 0) is 56.0 Å². The van der Waals surface area contributed by atoms with Crippen LogP contribution in [-0.2, 0) is 18.2 Å². The van der Waals surface area contributed by atoms with Crippen LogP contribution in [0.15, 0.2) is 6.33 Å². The molecule has 2 spiro atoms. The summed E-state index contributed by atoms with van der Waals surface area (Å²) in [4.78, 5) is 24.6. The third kappa shape index (κ3) is 3.56. The van der Waals surface area contributed by atoms with Crippen LogP contribution in [0, 0.1) is 16.7 Å². The normalized spacial score (nSPS) is 26.3. The molecular weight excluding hydrogens is 483 g/mol. The highest BCUT2D eigenvalue weighted by molar-refractivity contribution is 7.05. The molecule has 1 N–H and O–H groups in total. The zero-order chi connectivity index (χ0) is 24.2. The summed E-state index contributed by atoms with van der Waals surface area (Å²) in [5, 5.41) is 13.8. The summed E-state index contributed by atoms with van der Waals surface area (Å²) in [6.45, 7) is 3.02. The van der Waals surface area contributed by atoms with E-state index in [0.29, 0.717) is 29.7 Å². The van der Waals surface area contributed by atoms with E-state index in [0.717, 1.165) is 64.7 Å². The molecule has 0 bridgehead atoms. The predicted molar refractivity (Wildman–Crippen MR) is 116 cm³/mol. The lowest BCUT2D eigenvalue weighted by molar-refractivity contribution is -0.137. The topological polar surface area (TPSA) is 100 Å². The van der Waals surface area contributed by atoms with Gasteiger partial charge in [0.2, 0.25) is 5.01 Å². The van der Waals surface area contributed by atoms with E-state index >= 15 is 0 Å². The quantitative estimate of drug-likeness (QED) is 0.681. The van der Waals surface area contributed by atoms with E-state index in [1.54, 1.807) is 6.33 Å². The minimum atomic E-state index is -4.43. The molecule has 0 unspecified atom stereocenters. The maximum atomic E-state index is 12.9. The number of hydrogen-bond acceptors (Lipinski definition) is 7. The molecule has 9 nitrogen and oxygen atoms in total. The Kier molecular flexibility index (Phi) is 4.35. The summed E-state index contributed by atoms with van der Waals surface area (Å²) >= 11 is 0.416. The molecule has 0 radical (unpaired) electrons. The number of aliphatic hydroxyl groups is 1. The number of urea groups is 1. The van der Waals surface area contributed by atoms with Crippen molar-refractivity contribution in [3.8, 4) is 0 Å². The number of alkyl halides is 3. The SMILES string of the molecule is O=C(N1CC2(CC(Cc3nsc(C(F)(F)F)n3)C2)C1)N1CC2(CC(n3cnc(C4(O)CC4)n3)C2)C1. The molecule has 2 amide bonds. The Morgan fingerprint density at radius 1 is 1.09 bits per heavy atom. The van der Waals surface area contributed by atoms with Crippen LogP contribution in [0.3, 0.4) is 0 Å². The van der Waals surface area contributed by atoms with Gasteiger partial charge in [-0.15, -0.1) is 0 Å². The number of hydrogen-bond donors (Lipinski definition) is 1. The zero-order valence-electron chi connectivity index (χ0n) is 19.0. The fourth-order valence-electron chi connectivity index (χ4n) is 6.67. The van der Waals surface area contributed by atoms with Gasteiger partial charge in [-0.1, -0.05) is 0 Å². The molecular formula is C22H26F3N7O2S. The maximum Gasteiger partial charge on any atom is 0.444 e. The van der Waals surface area contributed by atoms with E-state index in [9.17, 15) is 23.1 Å². The highest BCUT2D eigenvalue weighted by Gasteiger charge is 2.59. The van der Waals surface area contributed by atoms with E-state index in [1.807, 2.05) is 14.5 Å². The van der Waals surface area contributed by atoms with E-state index in [2.05, 4.69) is 19.4 Å². The van der Waals surface area contributed by atoms with Crippen LogP contribution < -0.4 is 0 Å². The molecule has 35 heavy (non-hydrogen) atoms. The van der Waals surface area contributed by atoms with E-state index in [-0.39, 0.29) is 28.7 Å². The summed E-state index contributed by atoms with van der Waals surface area (Å²) in [5.74, 6) is 1.10. The largest absolute Gasteiger partial charge is 0.444 e. The second-order valence-corrected chi connectivity index (χ2v) is 12.4. The van der Waals surface area contributed by atoms with Gasteiger partial charge in [0.1, 0.15) is 17.8 Å². The maximum absolute atomic E-state index is 12.9. The van der Waals surface area contributed by atoms with Gasteiger partial charge in [-0.25, -0.2) is 19.4 Å². The van der Waals surface area contributed by atoms with Crippen LogP contribution in [0.1, 0.15) is 61.2 Å². The molecule has 5 aliphatic rings. The Morgan fingerprint density at radius 3 is 2.29 bits per heavy atom. The number of likely N-dealkylation sites (tertiary alicyclic amines) is 2. The summed E-state index contributed by atoms with van der Waals surface area (Å²) in [6, 6.07) is 0.387. The van der Waals surface area contributed by atoms with Crippen LogP contribution in [0.4, 0.5) is 18.0 Å². The lowest BCUT2D eigenvalue weighted by atomic mass is 9.57. The lowest BCUT2D eigenvalue weighted by Crippen LogP contribution is -2.71. The molecule has 2 saturated heterocycles. The number of amides is 2. The summed E-state index contributed by atoms with van der Waals surface area (Å²) in [5.41, 5.74) is -0.498. The second kappa shape index (κ2) is 6.93. The van der Waals surface area contributed by atoms with Gasteiger partial charge in [0.05, 0.1) is 6.04 Å². The first kappa shape index (κ1) is 22.0. The van der Waals surface area contributed by atoms with Crippen LogP contribution in [0.25, 0.3) is 0 Å². The van der Waals surface area contributed by atoms with Crippen LogP contribution in [-0.4, -0.2) is 71.2 Å². The highest BCUT2D eigenvalue weighted by Crippen LogP contribution is 2.56. The van der Waals surface area contributed by atoms with Crippen molar-refractivity contribution in [2.75, 3.05) is 26.2 Å². The standard InChI is InChI=1S/C22H26F3N7O2S/c23-22(24,25)17-27-15(29-35-17)3-13-4-19(5-13)8-30(9-19)18(33)31-10-20(11-31)6-14(7-20)32-12-26-16(28-32)21(34)1-2-21/h12-14,34H,1-11H2. The molecule has 4 heterocycles. The highest BCUT2D eigenvalue weighted by atomic mass is 32.1. The van der Waals surface area contributed by atoms with E-state index < -0.39 is 16.8 Å². The monoisotopic (exact) mass is 509 g/mol. The minimum Gasteiger partial charge on any atom is -0.382 e. The Balaban J connectivity index is 0.845.